The molecule has 1 aliphatic heterocycles. The van der Waals surface area contributed by atoms with Crippen LogP contribution >= 0.6 is 27.7 Å². The molecule has 1 saturated heterocycles. The van der Waals surface area contributed by atoms with Crippen LogP contribution in [0.5, 0.6) is 0 Å². The van der Waals surface area contributed by atoms with Crippen molar-refractivity contribution in [1.82, 2.24) is 4.90 Å². The van der Waals surface area contributed by atoms with Gasteiger partial charge in [0.15, 0.2) is 5.17 Å². The number of aliphatic imine (C=N–C) groups is 1. The lowest BCUT2D eigenvalue weighted by molar-refractivity contribution is -0.122. The van der Waals surface area contributed by atoms with Gasteiger partial charge in [-0.2, -0.15) is 0 Å². The predicted octanol–water partition coefficient (Wildman–Crippen LogP) is 5.09. The fraction of sp³-hybridized carbons (Fsp3) is 0.200. The Bertz CT molecular complexity index is 837. The third-order valence-corrected chi connectivity index (χ3v) is 5.45. The van der Waals surface area contributed by atoms with Crippen LogP contribution < -0.4 is 0 Å². The first-order chi connectivity index (χ1) is 12.7. The van der Waals surface area contributed by atoms with E-state index in [1.54, 1.807) is 4.90 Å². The third kappa shape index (κ3) is 4.63. The van der Waals surface area contributed by atoms with Gasteiger partial charge < -0.3 is 4.74 Å². The van der Waals surface area contributed by atoms with Crippen molar-refractivity contribution in [3.63, 3.8) is 0 Å². The number of ether oxygens (including phenoxy) is 1. The second-order valence-corrected chi connectivity index (χ2v) is 7.38. The summed E-state index contributed by atoms with van der Waals surface area (Å²) < 4.78 is 6.38. The van der Waals surface area contributed by atoms with Crippen LogP contribution in [-0.4, -0.2) is 35.7 Å². The zero-order valence-electron chi connectivity index (χ0n) is 14.4. The Labute approximate surface area is 166 Å². The number of hydrogen-bond donors (Lipinski definition) is 0. The lowest BCUT2D eigenvalue weighted by Gasteiger charge is -2.15. The van der Waals surface area contributed by atoms with Crippen LogP contribution in [0.3, 0.4) is 0 Å². The number of thioether (sulfide) groups is 1. The lowest BCUT2D eigenvalue weighted by Crippen LogP contribution is -2.32. The summed E-state index contributed by atoms with van der Waals surface area (Å²) in [6, 6.07) is 17.5. The highest BCUT2D eigenvalue weighted by Gasteiger charge is 2.33. The van der Waals surface area contributed by atoms with Gasteiger partial charge in [-0.15, -0.1) is 0 Å². The molecule has 1 amide bonds. The number of hydrogen-bond acceptors (Lipinski definition) is 4. The first-order valence-corrected chi connectivity index (χ1v) is 9.97. The Hall–Kier alpha value is -1.89. The molecule has 1 aliphatic rings. The van der Waals surface area contributed by atoms with Crippen molar-refractivity contribution >= 4 is 50.5 Å². The summed E-state index contributed by atoms with van der Waals surface area (Å²) in [5.74, 6) is -0.0415. The maximum atomic E-state index is 12.9. The molecule has 0 aromatic heterocycles. The Morgan fingerprint density at radius 1 is 1.15 bits per heavy atom. The molecule has 1 heterocycles. The molecule has 0 aliphatic carbocycles. The van der Waals surface area contributed by atoms with Gasteiger partial charge in [-0.3, -0.25) is 9.69 Å². The number of benzene rings is 2. The molecule has 134 valence electrons. The van der Waals surface area contributed by atoms with Gasteiger partial charge in [-0.1, -0.05) is 52.3 Å². The molecule has 0 N–H and O–H groups in total. The van der Waals surface area contributed by atoms with E-state index in [-0.39, 0.29) is 5.91 Å². The van der Waals surface area contributed by atoms with Gasteiger partial charge in [0.2, 0.25) is 0 Å². The number of rotatable bonds is 6. The van der Waals surface area contributed by atoms with Crippen molar-refractivity contribution in [2.75, 3.05) is 19.8 Å². The van der Waals surface area contributed by atoms with Crippen molar-refractivity contribution < 1.29 is 9.53 Å². The van der Waals surface area contributed by atoms with Crippen molar-refractivity contribution in [3.05, 3.63) is 69.5 Å². The lowest BCUT2D eigenvalue weighted by atomic mass is 10.2. The minimum absolute atomic E-state index is 0.0415. The summed E-state index contributed by atoms with van der Waals surface area (Å²) in [6.45, 7) is 3.54. The molecule has 0 spiro atoms. The quantitative estimate of drug-likeness (QED) is 0.473. The Kier molecular flexibility index (Phi) is 6.66. The zero-order chi connectivity index (χ0) is 18.4. The molecule has 0 atom stereocenters. The Morgan fingerprint density at radius 2 is 1.88 bits per heavy atom. The van der Waals surface area contributed by atoms with E-state index in [0.29, 0.717) is 29.8 Å². The number of halogens is 1. The number of amides is 1. The SMILES string of the molecule is CCOCCN1C(=O)/C(=C/c2ccccc2Br)SC1=Nc1ccccc1. The largest absolute Gasteiger partial charge is 0.380 e. The minimum Gasteiger partial charge on any atom is -0.380 e. The van der Waals surface area contributed by atoms with E-state index >= 15 is 0 Å². The van der Waals surface area contributed by atoms with E-state index < -0.39 is 0 Å². The van der Waals surface area contributed by atoms with E-state index in [2.05, 4.69) is 20.9 Å². The second kappa shape index (κ2) is 9.16. The summed E-state index contributed by atoms with van der Waals surface area (Å²) in [6.07, 6.45) is 1.90. The van der Waals surface area contributed by atoms with Gasteiger partial charge >= 0.3 is 0 Å². The number of carbonyl (C=O) groups excluding carboxylic acids is 1. The number of amidine groups is 1. The molecule has 0 saturated carbocycles. The molecule has 6 heteroatoms. The Morgan fingerprint density at radius 3 is 2.62 bits per heavy atom. The summed E-state index contributed by atoms with van der Waals surface area (Å²) in [7, 11) is 0. The standard InChI is InChI=1S/C20H19BrN2O2S/c1-2-25-13-12-23-19(24)18(14-15-8-6-7-11-17(15)21)26-20(23)22-16-9-4-3-5-10-16/h3-11,14H,2,12-13H2,1H3/b18-14-,22-20?. The minimum atomic E-state index is -0.0415. The first-order valence-electron chi connectivity index (χ1n) is 8.36. The summed E-state index contributed by atoms with van der Waals surface area (Å²) in [4.78, 5) is 19.9. The normalized spacial score (nSPS) is 17.5. The zero-order valence-corrected chi connectivity index (χ0v) is 16.8. The number of para-hydroxylation sites is 1. The van der Waals surface area contributed by atoms with E-state index in [9.17, 15) is 4.79 Å². The average molecular weight is 431 g/mol. The number of carbonyl (C=O) groups is 1. The molecule has 0 radical (unpaired) electrons. The number of nitrogens with zero attached hydrogens (tertiary/aromatic N) is 2. The molecule has 2 aromatic rings. The van der Waals surface area contributed by atoms with Crippen LogP contribution in [0.25, 0.3) is 6.08 Å². The second-order valence-electron chi connectivity index (χ2n) is 5.52. The molecular weight excluding hydrogens is 412 g/mol. The van der Waals surface area contributed by atoms with Crippen LogP contribution in [0.2, 0.25) is 0 Å². The summed E-state index contributed by atoms with van der Waals surface area (Å²) >= 11 is 4.92. The topological polar surface area (TPSA) is 41.9 Å². The van der Waals surface area contributed by atoms with Crippen LogP contribution in [0.4, 0.5) is 5.69 Å². The van der Waals surface area contributed by atoms with Crippen LogP contribution in [-0.2, 0) is 9.53 Å². The van der Waals surface area contributed by atoms with Gasteiger partial charge in [0.1, 0.15) is 0 Å². The molecule has 0 unspecified atom stereocenters. The van der Waals surface area contributed by atoms with Crippen molar-refractivity contribution in [3.8, 4) is 0 Å². The highest BCUT2D eigenvalue weighted by Crippen LogP contribution is 2.35. The molecule has 1 fully saturated rings. The van der Waals surface area contributed by atoms with Crippen LogP contribution in [0.1, 0.15) is 12.5 Å². The van der Waals surface area contributed by atoms with Crippen molar-refractivity contribution in [1.29, 1.82) is 0 Å². The Balaban J connectivity index is 1.91. The van der Waals surface area contributed by atoms with Crippen LogP contribution in [0, 0.1) is 0 Å². The van der Waals surface area contributed by atoms with E-state index in [4.69, 9.17) is 4.74 Å². The first kappa shape index (κ1) is 18.9. The van der Waals surface area contributed by atoms with Gasteiger partial charge in [0.05, 0.1) is 23.7 Å². The maximum Gasteiger partial charge on any atom is 0.266 e. The molecule has 4 nitrogen and oxygen atoms in total. The fourth-order valence-electron chi connectivity index (χ4n) is 2.44. The van der Waals surface area contributed by atoms with Gasteiger partial charge in [-0.25, -0.2) is 4.99 Å². The summed E-state index contributed by atoms with van der Waals surface area (Å²) in [5, 5.41) is 0.680. The molecule has 0 bridgehead atoms. The summed E-state index contributed by atoms with van der Waals surface area (Å²) in [5.41, 5.74) is 1.79. The monoisotopic (exact) mass is 430 g/mol. The van der Waals surface area contributed by atoms with Crippen LogP contribution in [0.15, 0.2) is 69.0 Å². The molecule has 3 rings (SSSR count). The van der Waals surface area contributed by atoms with Gasteiger partial charge in [-0.05, 0) is 48.5 Å². The van der Waals surface area contributed by atoms with E-state index in [1.165, 1.54) is 11.8 Å². The smallest absolute Gasteiger partial charge is 0.266 e. The van der Waals surface area contributed by atoms with Gasteiger partial charge in [0, 0.05) is 11.1 Å². The predicted molar refractivity (Wildman–Crippen MR) is 111 cm³/mol. The van der Waals surface area contributed by atoms with Gasteiger partial charge in [0.25, 0.3) is 5.91 Å². The highest BCUT2D eigenvalue weighted by molar-refractivity contribution is 9.10. The third-order valence-electron chi connectivity index (χ3n) is 3.72. The molecular formula is C20H19BrN2O2S. The van der Waals surface area contributed by atoms with Crippen molar-refractivity contribution in [2.24, 2.45) is 4.99 Å². The maximum absolute atomic E-state index is 12.9. The average Bonchev–Trinajstić information content (AvgIpc) is 2.93. The van der Waals surface area contributed by atoms with Crippen molar-refractivity contribution in [2.45, 2.75) is 6.92 Å². The van der Waals surface area contributed by atoms with E-state index in [1.807, 2.05) is 67.6 Å². The molecule has 26 heavy (non-hydrogen) atoms. The highest BCUT2D eigenvalue weighted by atomic mass is 79.9. The molecule has 2 aromatic carbocycles. The van der Waals surface area contributed by atoms with E-state index in [0.717, 1.165) is 15.7 Å². The fourth-order valence-corrected chi connectivity index (χ4v) is 3.85.